The third-order valence-corrected chi connectivity index (χ3v) is 5.16. The van der Waals surface area contributed by atoms with Crippen LogP contribution in [-0.2, 0) is 17.8 Å². The zero-order chi connectivity index (χ0) is 18.7. The minimum Gasteiger partial charge on any atom is -0.507 e. The molecule has 0 spiro atoms. The molecular weight excluding hydrogens is 354 g/mol. The number of amides is 2. The van der Waals surface area contributed by atoms with Gasteiger partial charge in [-0.3, -0.25) is 4.79 Å². The molecule has 8 heteroatoms. The van der Waals surface area contributed by atoms with Gasteiger partial charge in [0.05, 0.1) is 12.1 Å². The first kappa shape index (κ1) is 17.5. The molecule has 1 aliphatic rings. The number of anilines is 1. The van der Waals surface area contributed by atoms with Crippen molar-refractivity contribution in [3.63, 3.8) is 0 Å². The minimum atomic E-state index is -1.00. The average Bonchev–Trinajstić information content (AvgIpc) is 2.96. The van der Waals surface area contributed by atoms with E-state index in [4.69, 9.17) is 5.11 Å². The van der Waals surface area contributed by atoms with Crippen molar-refractivity contribution in [2.75, 3.05) is 11.9 Å². The van der Waals surface area contributed by atoms with Crippen molar-refractivity contribution in [2.24, 2.45) is 0 Å². The second-order valence-corrected chi connectivity index (χ2v) is 6.76. The SMILES string of the molecule is N#Cc1c(NC(=O)C=Cc2ccccc2O)sc2c1CCN(C(=O)O)C2. The number of carbonyl (C=O) groups is 2. The number of thiophene rings is 1. The van der Waals surface area contributed by atoms with Gasteiger partial charge in [-0.15, -0.1) is 11.3 Å². The van der Waals surface area contributed by atoms with Gasteiger partial charge >= 0.3 is 6.09 Å². The summed E-state index contributed by atoms with van der Waals surface area (Å²) in [6.45, 7) is 0.544. The van der Waals surface area contributed by atoms with Gasteiger partial charge in [0.1, 0.15) is 16.8 Å². The summed E-state index contributed by atoms with van der Waals surface area (Å²) in [4.78, 5) is 25.3. The summed E-state index contributed by atoms with van der Waals surface area (Å²) in [5, 5.41) is 31.3. The zero-order valence-corrected chi connectivity index (χ0v) is 14.4. The van der Waals surface area contributed by atoms with E-state index in [2.05, 4.69) is 11.4 Å². The van der Waals surface area contributed by atoms with Crippen LogP contribution in [0.2, 0.25) is 0 Å². The van der Waals surface area contributed by atoms with E-state index in [0.717, 1.165) is 10.4 Å². The maximum absolute atomic E-state index is 12.2. The molecular formula is C18H15N3O4S. The molecule has 1 aromatic heterocycles. The molecule has 132 valence electrons. The normalized spacial score (nSPS) is 13.3. The Morgan fingerprint density at radius 2 is 2.12 bits per heavy atom. The van der Waals surface area contributed by atoms with Crippen molar-refractivity contribution in [1.29, 1.82) is 5.26 Å². The summed E-state index contributed by atoms with van der Waals surface area (Å²) in [6.07, 6.45) is 2.21. The van der Waals surface area contributed by atoms with Crippen LogP contribution in [0.4, 0.5) is 9.80 Å². The summed E-state index contributed by atoms with van der Waals surface area (Å²) >= 11 is 1.22. The Morgan fingerprint density at radius 1 is 1.35 bits per heavy atom. The van der Waals surface area contributed by atoms with Gasteiger partial charge in [0, 0.05) is 23.1 Å². The van der Waals surface area contributed by atoms with Crippen molar-refractivity contribution in [3.05, 3.63) is 51.9 Å². The van der Waals surface area contributed by atoms with Crippen molar-refractivity contribution in [3.8, 4) is 11.8 Å². The van der Waals surface area contributed by atoms with Gasteiger partial charge < -0.3 is 20.4 Å². The van der Waals surface area contributed by atoms with Crippen LogP contribution in [0, 0.1) is 11.3 Å². The van der Waals surface area contributed by atoms with Gasteiger partial charge in [-0.05, 0) is 24.1 Å². The Balaban J connectivity index is 1.78. The van der Waals surface area contributed by atoms with Crippen molar-refractivity contribution in [2.45, 2.75) is 13.0 Å². The van der Waals surface area contributed by atoms with Gasteiger partial charge in [0.15, 0.2) is 0 Å². The number of rotatable bonds is 3. The first-order valence-corrected chi connectivity index (χ1v) is 8.61. The van der Waals surface area contributed by atoms with E-state index < -0.39 is 12.0 Å². The van der Waals surface area contributed by atoms with E-state index in [9.17, 15) is 20.0 Å². The summed E-state index contributed by atoms with van der Waals surface area (Å²) in [7, 11) is 0. The highest BCUT2D eigenvalue weighted by atomic mass is 32.1. The lowest BCUT2D eigenvalue weighted by atomic mass is 10.0. The molecule has 0 saturated carbocycles. The van der Waals surface area contributed by atoms with Crippen LogP contribution < -0.4 is 5.32 Å². The molecule has 0 aliphatic carbocycles. The third-order valence-electron chi connectivity index (χ3n) is 4.03. The van der Waals surface area contributed by atoms with Crippen LogP contribution in [0.15, 0.2) is 30.3 Å². The number of benzene rings is 1. The highest BCUT2D eigenvalue weighted by molar-refractivity contribution is 7.16. The molecule has 7 nitrogen and oxygen atoms in total. The quantitative estimate of drug-likeness (QED) is 0.720. The largest absolute Gasteiger partial charge is 0.507 e. The van der Waals surface area contributed by atoms with Crippen LogP contribution in [0.25, 0.3) is 6.08 Å². The fourth-order valence-electron chi connectivity index (χ4n) is 2.72. The van der Waals surface area contributed by atoms with Gasteiger partial charge in [0.25, 0.3) is 0 Å². The molecule has 1 aromatic carbocycles. The number of nitriles is 1. The third kappa shape index (κ3) is 3.53. The standard InChI is InChI=1S/C18H15N3O4S/c19-9-13-12-7-8-21(18(24)25)10-15(12)26-17(13)20-16(23)6-5-11-3-1-2-4-14(11)22/h1-6,22H,7-8,10H2,(H,20,23)(H,24,25). The van der Waals surface area contributed by atoms with E-state index in [1.54, 1.807) is 18.2 Å². The van der Waals surface area contributed by atoms with Crippen molar-refractivity contribution < 1.29 is 19.8 Å². The number of hydrogen-bond acceptors (Lipinski definition) is 5. The van der Waals surface area contributed by atoms with E-state index >= 15 is 0 Å². The fourth-order valence-corrected chi connectivity index (χ4v) is 3.94. The lowest BCUT2D eigenvalue weighted by Gasteiger charge is -2.23. The van der Waals surface area contributed by atoms with Crippen LogP contribution in [0.3, 0.4) is 0 Å². The topological polar surface area (TPSA) is 114 Å². The first-order chi connectivity index (χ1) is 12.5. The Hall–Kier alpha value is -3.31. The number of nitrogens with one attached hydrogen (secondary N) is 1. The van der Waals surface area contributed by atoms with Crippen molar-refractivity contribution >= 4 is 34.4 Å². The number of aromatic hydroxyl groups is 1. The molecule has 0 bridgehead atoms. The number of nitrogens with zero attached hydrogens (tertiary/aromatic N) is 2. The van der Waals surface area contributed by atoms with E-state index in [0.29, 0.717) is 29.1 Å². The molecule has 0 unspecified atom stereocenters. The summed E-state index contributed by atoms with van der Waals surface area (Å²) in [6, 6.07) is 8.72. The number of phenols is 1. The fraction of sp³-hybridized carbons (Fsp3) is 0.167. The van der Waals surface area contributed by atoms with Gasteiger partial charge in [-0.1, -0.05) is 18.2 Å². The minimum absolute atomic E-state index is 0.0645. The number of para-hydroxylation sites is 1. The molecule has 3 N–H and O–H groups in total. The van der Waals surface area contributed by atoms with Crippen LogP contribution in [-0.4, -0.2) is 33.7 Å². The average molecular weight is 369 g/mol. The molecule has 2 heterocycles. The molecule has 0 fully saturated rings. The molecule has 0 radical (unpaired) electrons. The predicted molar refractivity (Wildman–Crippen MR) is 96.9 cm³/mol. The number of phenolic OH excluding ortho intramolecular Hbond substituents is 1. The molecule has 1 aliphatic heterocycles. The Bertz CT molecular complexity index is 942. The second-order valence-electron chi connectivity index (χ2n) is 5.66. The molecule has 3 rings (SSSR count). The Kier molecular flexibility index (Phi) is 4.91. The summed E-state index contributed by atoms with van der Waals surface area (Å²) in [5.41, 5.74) is 1.69. The van der Waals surface area contributed by atoms with Crippen LogP contribution in [0.1, 0.15) is 21.6 Å². The van der Waals surface area contributed by atoms with E-state index in [1.165, 1.54) is 34.5 Å². The maximum Gasteiger partial charge on any atom is 0.407 e. The summed E-state index contributed by atoms with van der Waals surface area (Å²) < 4.78 is 0. The van der Waals surface area contributed by atoms with Gasteiger partial charge in [-0.25, -0.2) is 4.79 Å². The van der Waals surface area contributed by atoms with Gasteiger partial charge in [0.2, 0.25) is 5.91 Å². The molecule has 2 aromatic rings. The lowest BCUT2D eigenvalue weighted by Crippen LogP contribution is -2.34. The Labute approximate surface area is 153 Å². The highest BCUT2D eigenvalue weighted by Gasteiger charge is 2.27. The summed E-state index contributed by atoms with van der Waals surface area (Å²) in [5.74, 6) is -0.368. The monoisotopic (exact) mass is 369 g/mol. The Morgan fingerprint density at radius 3 is 2.81 bits per heavy atom. The highest BCUT2D eigenvalue weighted by Crippen LogP contribution is 2.36. The molecule has 2 amide bonds. The second kappa shape index (κ2) is 7.29. The van der Waals surface area contributed by atoms with Crippen molar-refractivity contribution in [1.82, 2.24) is 4.90 Å². The zero-order valence-electron chi connectivity index (χ0n) is 13.6. The lowest BCUT2D eigenvalue weighted by molar-refractivity contribution is -0.111. The van der Waals surface area contributed by atoms with Crippen LogP contribution >= 0.6 is 11.3 Å². The first-order valence-electron chi connectivity index (χ1n) is 7.79. The molecule has 0 atom stereocenters. The molecule has 26 heavy (non-hydrogen) atoms. The molecule has 0 saturated heterocycles. The number of carbonyl (C=O) groups excluding carboxylic acids is 1. The van der Waals surface area contributed by atoms with Crippen LogP contribution in [0.5, 0.6) is 5.75 Å². The number of carboxylic acid groups (broad SMARTS) is 1. The number of fused-ring (bicyclic) bond motifs is 1. The smallest absolute Gasteiger partial charge is 0.407 e. The number of hydrogen-bond donors (Lipinski definition) is 3. The van der Waals surface area contributed by atoms with E-state index in [-0.39, 0.29) is 12.3 Å². The van der Waals surface area contributed by atoms with Gasteiger partial charge in [-0.2, -0.15) is 5.26 Å². The maximum atomic E-state index is 12.2. The van der Waals surface area contributed by atoms with E-state index in [1.807, 2.05) is 0 Å². The predicted octanol–water partition coefficient (Wildman–Crippen LogP) is 3.01.